The van der Waals surface area contributed by atoms with Crippen LogP contribution in [0.3, 0.4) is 0 Å². The van der Waals surface area contributed by atoms with E-state index in [0.29, 0.717) is 12.0 Å². The molecule has 1 heterocycles. The Morgan fingerprint density at radius 1 is 1.35 bits per heavy atom. The summed E-state index contributed by atoms with van der Waals surface area (Å²) in [4.78, 5) is 0.220. The van der Waals surface area contributed by atoms with Gasteiger partial charge in [-0.05, 0) is 43.4 Å². The summed E-state index contributed by atoms with van der Waals surface area (Å²) < 4.78 is 32.2. The highest BCUT2D eigenvalue weighted by Crippen LogP contribution is 2.46. The Labute approximate surface area is 137 Å². The van der Waals surface area contributed by atoms with Gasteiger partial charge >= 0.3 is 0 Å². The van der Waals surface area contributed by atoms with Crippen LogP contribution in [0, 0.1) is 0 Å². The molecule has 0 saturated carbocycles. The van der Waals surface area contributed by atoms with Gasteiger partial charge in [-0.1, -0.05) is 30.4 Å². The lowest BCUT2D eigenvalue weighted by Gasteiger charge is -2.28. The number of fused-ring (bicyclic) bond motifs is 1. The van der Waals surface area contributed by atoms with Crippen molar-refractivity contribution in [3.05, 3.63) is 54.6 Å². The van der Waals surface area contributed by atoms with Crippen LogP contribution in [0.1, 0.15) is 32.1 Å². The molecule has 1 fully saturated rings. The van der Waals surface area contributed by atoms with Crippen LogP contribution in [0.2, 0.25) is 0 Å². The summed E-state index contributed by atoms with van der Waals surface area (Å²) >= 11 is 0. The Bertz CT molecular complexity index is 708. The molecule has 1 aromatic carbocycles. The smallest absolute Gasteiger partial charge is 0.190 e. The molecule has 0 aromatic heterocycles. The maximum atomic E-state index is 13.2. The predicted molar refractivity (Wildman–Crippen MR) is 88.6 cm³/mol. The fourth-order valence-electron chi connectivity index (χ4n) is 3.51. The van der Waals surface area contributed by atoms with Gasteiger partial charge in [-0.25, -0.2) is 8.42 Å². The molecule has 1 saturated heterocycles. The van der Waals surface area contributed by atoms with Gasteiger partial charge in [0.05, 0.1) is 11.0 Å². The molecule has 1 N–H and O–H groups in total. The van der Waals surface area contributed by atoms with E-state index < -0.39 is 20.9 Å². The van der Waals surface area contributed by atoms with E-state index in [4.69, 9.17) is 4.74 Å². The third-order valence-corrected chi connectivity index (χ3v) is 6.76. The van der Waals surface area contributed by atoms with Crippen LogP contribution in [-0.4, -0.2) is 30.7 Å². The molecule has 0 amide bonds. The molecule has 1 aromatic rings. The highest BCUT2D eigenvalue weighted by Gasteiger charge is 2.56. The summed E-state index contributed by atoms with van der Waals surface area (Å²) in [5.41, 5.74) is 0.715. The largest absolute Gasteiger partial charge is 0.364 e. The normalized spacial score (nSPS) is 30.6. The van der Waals surface area contributed by atoms with Crippen molar-refractivity contribution in [1.82, 2.24) is 0 Å². The molecule has 3 unspecified atom stereocenters. The van der Waals surface area contributed by atoms with Crippen molar-refractivity contribution in [2.24, 2.45) is 0 Å². The Morgan fingerprint density at radius 3 is 2.78 bits per heavy atom. The number of hydrogen-bond acceptors (Lipinski definition) is 4. The molecule has 1 aliphatic carbocycles. The number of ether oxygens (including phenoxy) is 1. The van der Waals surface area contributed by atoms with Crippen LogP contribution in [0.4, 0.5) is 0 Å². The summed E-state index contributed by atoms with van der Waals surface area (Å²) in [6.45, 7) is 3.66. The van der Waals surface area contributed by atoms with Crippen molar-refractivity contribution in [2.75, 3.05) is 0 Å². The van der Waals surface area contributed by atoms with Gasteiger partial charge in [-0.3, -0.25) is 0 Å². The summed E-state index contributed by atoms with van der Waals surface area (Å²) in [6.07, 6.45) is 6.55. The maximum Gasteiger partial charge on any atom is 0.190 e. The second kappa shape index (κ2) is 6.23. The van der Waals surface area contributed by atoms with Gasteiger partial charge in [-0.15, -0.1) is 6.58 Å². The van der Waals surface area contributed by atoms with Crippen molar-refractivity contribution in [2.45, 2.75) is 54.1 Å². The number of sulfone groups is 1. The maximum absolute atomic E-state index is 13.2. The van der Waals surface area contributed by atoms with Gasteiger partial charge < -0.3 is 9.84 Å². The van der Waals surface area contributed by atoms with Gasteiger partial charge in [0.15, 0.2) is 15.6 Å². The third-order valence-electron chi connectivity index (χ3n) is 4.57. The molecule has 5 heteroatoms. The molecule has 23 heavy (non-hydrogen) atoms. The minimum Gasteiger partial charge on any atom is -0.364 e. The van der Waals surface area contributed by atoms with Crippen LogP contribution in [-0.2, 0) is 14.6 Å². The van der Waals surface area contributed by atoms with E-state index in [1.807, 2.05) is 6.08 Å². The average molecular weight is 334 g/mol. The van der Waals surface area contributed by atoms with E-state index in [9.17, 15) is 13.5 Å². The number of benzene rings is 1. The third kappa shape index (κ3) is 2.89. The first-order valence-electron chi connectivity index (χ1n) is 7.99. The monoisotopic (exact) mass is 334 g/mol. The average Bonchev–Trinajstić information content (AvgIpc) is 2.86. The first-order chi connectivity index (χ1) is 11.0. The Balaban J connectivity index is 2.07. The second-order valence-corrected chi connectivity index (χ2v) is 8.18. The second-order valence-electron chi connectivity index (χ2n) is 6.15. The first kappa shape index (κ1) is 16.4. The van der Waals surface area contributed by atoms with E-state index >= 15 is 0 Å². The Hall–Kier alpha value is -1.43. The van der Waals surface area contributed by atoms with Gasteiger partial charge in [0, 0.05) is 6.42 Å². The van der Waals surface area contributed by atoms with E-state index in [1.54, 1.807) is 36.4 Å². The quantitative estimate of drug-likeness (QED) is 0.841. The van der Waals surface area contributed by atoms with Crippen LogP contribution in [0.25, 0.3) is 0 Å². The number of hydrogen-bond donors (Lipinski definition) is 1. The highest BCUT2D eigenvalue weighted by molar-refractivity contribution is 7.92. The zero-order chi connectivity index (χ0) is 16.5. The standard InChI is InChI=1S/C18H22O4S/c1-2-3-13-18(19)17(15-11-7-8-12-16(15)22-18)23(20,21)14-9-5-4-6-10-14/h2,4-6,9-11,16-17,19H,1,3,7-8,12-13H2. The molecule has 1 aliphatic heterocycles. The van der Waals surface area contributed by atoms with Gasteiger partial charge in [-0.2, -0.15) is 0 Å². The fraction of sp³-hybridized carbons (Fsp3) is 0.444. The van der Waals surface area contributed by atoms with E-state index in [0.717, 1.165) is 19.3 Å². The Morgan fingerprint density at radius 2 is 2.09 bits per heavy atom. The fourth-order valence-corrected chi connectivity index (χ4v) is 5.58. The molecule has 0 bridgehead atoms. The van der Waals surface area contributed by atoms with Gasteiger partial charge in [0.1, 0.15) is 5.25 Å². The van der Waals surface area contributed by atoms with Crippen molar-refractivity contribution in [3.8, 4) is 0 Å². The molecule has 3 atom stereocenters. The number of rotatable bonds is 5. The highest BCUT2D eigenvalue weighted by atomic mass is 32.2. The first-order valence-corrected chi connectivity index (χ1v) is 9.53. The van der Waals surface area contributed by atoms with E-state index in [2.05, 4.69) is 6.58 Å². The summed E-state index contributed by atoms with van der Waals surface area (Å²) in [6, 6.07) is 8.30. The predicted octanol–water partition coefficient (Wildman–Crippen LogP) is 2.99. The molecule has 3 rings (SSSR count). The van der Waals surface area contributed by atoms with Crippen molar-refractivity contribution in [3.63, 3.8) is 0 Å². The van der Waals surface area contributed by atoms with Crippen LogP contribution in [0.5, 0.6) is 0 Å². The molecule has 0 spiro atoms. The lowest BCUT2D eigenvalue weighted by Crippen LogP contribution is -2.44. The number of aliphatic hydroxyl groups is 1. The molecule has 124 valence electrons. The van der Waals surface area contributed by atoms with Crippen molar-refractivity contribution in [1.29, 1.82) is 0 Å². The number of allylic oxidation sites excluding steroid dienone is 2. The summed E-state index contributed by atoms with van der Waals surface area (Å²) in [5.74, 6) is -1.69. The molecule has 4 nitrogen and oxygen atoms in total. The Kier molecular flexibility index (Phi) is 4.45. The van der Waals surface area contributed by atoms with Gasteiger partial charge in [0.2, 0.25) is 0 Å². The molecule has 2 aliphatic rings. The minimum absolute atomic E-state index is 0.220. The molecular weight excluding hydrogens is 312 g/mol. The van der Waals surface area contributed by atoms with Crippen molar-refractivity contribution < 1.29 is 18.3 Å². The lowest BCUT2D eigenvalue weighted by molar-refractivity contribution is -0.193. The van der Waals surface area contributed by atoms with Crippen LogP contribution < -0.4 is 0 Å². The minimum atomic E-state index is -3.72. The summed E-state index contributed by atoms with van der Waals surface area (Å²) in [7, 11) is -3.72. The zero-order valence-corrected chi connectivity index (χ0v) is 13.8. The molecular formula is C18H22O4S. The lowest BCUT2D eigenvalue weighted by atomic mass is 9.93. The van der Waals surface area contributed by atoms with E-state index in [1.165, 1.54) is 0 Å². The van der Waals surface area contributed by atoms with Crippen LogP contribution in [0.15, 0.2) is 59.5 Å². The zero-order valence-electron chi connectivity index (χ0n) is 13.0. The molecule has 0 radical (unpaired) electrons. The SMILES string of the molecule is C=CCCC1(O)OC2CCCC=C2C1S(=O)(=O)c1ccccc1. The van der Waals surface area contributed by atoms with Crippen LogP contribution >= 0.6 is 0 Å². The summed E-state index contributed by atoms with van der Waals surface area (Å²) in [5, 5.41) is 9.98. The van der Waals surface area contributed by atoms with Crippen molar-refractivity contribution >= 4 is 9.84 Å². The van der Waals surface area contributed by atoms with Gasteiger partial charge in [0.25, 0.3) is 0 Å². The van der Waals surface area contributed by atoms with E-state index in [-0.39, 0.29) is 17.4 Å². The topological polar surface area (TPSA) is 63.6 Å².